The van der Waals surface area contributed by atoms with E-state index in [0.29, 0.717) is 11.8 Å². The highest BCUT2D eigenvalue weighted by Gasteiger charge is 2.35. The first-order valence-electron chi connectivity index (χ1n) is 5.35. The molecule has 3 rings (SSSR count). The lowest BCUT2D eigenvalue weighted by Gasteiger charge is -2.10. The number of fused-ring (bicyclic) bond motifs is 1. The van der Waals surface area contributed by atoms with E-state index >= 15 is 0 Å². The normalized spacial score (nSPS) is 21.9. The summed E-state index contributed by atoms with van der Waals surface area (Å²) in [6, 6.07) is 0.807. The van der Waals surface area contributed by atoms with E-state index in [1.54, 1.807) is 0 Å². The van der Waals surface area contributed by atoms with Gasteiger partial charge in [-0.3, -0.25) is 9.78 Å². The van der Waals surface area contributed by atoms with Crippen LogP contribution in [0, 0.1) is 5.82 Å². The largest absolute Gasteiger partial charge is 0.294 e. The zero-order valence-corrected chi connectivity index (χ0v) is 9.12. The van der Waals surface area contributed by atoms with Gasteiger partial charge in [0.1, 0.15) is 5.82 Å². The van der Waals surface area contributed by atoms with Crippen LogP contribution in [0.2, 0.25) is 0 Å². The van der Waals surface area contributed by atoms with E-state index in [4.69, 9.17) is 0 Å². The van der Waals surface area contributed by atoms with Crippen LogP contribution < -0.4 is 0 Å². The van der Waals surface area contributed by atoms with E-state index in [9.17, 15) is 13.6 Å². The summed E-state index contributed by atoms with van der Waals surface area (Å²) in [7, 11) is 0. The van der Waals surface area contributed by atoms with Crippen LogP contribution in [0.1, 0.15) is 40.6 Å². The molecular formula is C11H8F2N4O. The van der Waals surface area contributed by atoms with Gasteiger partial charge in [-0.1, -0.05) is 0 Å². The Kier molecular flexibility index (Phi) is 2.39. The first kappa shape index (κ1) is 10.9. The molecule has 0 fully saturated rings. The molecule has 3 heterocycles. The second-order valence-corrected chi connectivity index (χ2v) is 4.05. The van der Waals surface area contributed by atoms with Crippen molar-refractivity contribution in [2.45, 2.75) is 18.6 Å². The van der Waals surface area contributed by atoms with Gasteiger partial charge in [-0.05, 0) is 11.6 Å². The highest BCUT2D eigenvalue weighted by atomic mass is 19.1. The molecule has 2 atom stereocenters. The van der Waals surface area contributed by atoms with Crippen molar-refractivity contribution in [2.24, 2.45) is 0 Å². The van der Waals surface area contributed by atoms with E-state index in [1.165, 1.54) is 16.9 Å². The molecule has 0 radical (unpaired) electrons. The minimum atomic E-state index is -1.31. The van der Waals surface area contributed by atoms with E-state index in [2.05, 4.69) is 15.1 Å². The molecule has 0 saturated carbocycles. The number of aldehydes is 1. The van der Waals surface area contributed by atoms with Gasteiger partial charge in [0.05, 0.1) is 12.2 Å². The predicted molar refractivity (Wildman–Crippen MR) is 56.2 cm³/mol. The molecule has 0 amide bonds. The Morgan fingerprint density at radius 3 is 3.00 bits per heavy atom. The van der Waals surface area contributed by atoms with E-state index in [-0.39, 0.29) is 18.1 Å². The summed E-state index contributed by atoms with van der Waals surface area (Å²) in [5.41, 5.74) is 0.513. The average molecular weight is 250 g/mol. The quantitative estimate of drug-likeness (QED) is 0.760. The lowest BCUT2D eigenvalue weighted by molar-refractivity contribution is 0.111. The lowest BCUT2D eigenvalue weighted by atomic mass is 10.1. The number of aromatic nitrogens is 4. The van der Waals surface area contributed by atoms with Gasteiger partial charge in [0.25, 0.3) is 0 Å². The third kappa shape index (κ3) is 1.59. The highest BCUT2D eigenvalue weighted by molar-refractivity contribution is 5.68. The molecule has 0 saturated heterocycles. The fourth-order valence-corrected chi connectivity index (χ4v) is 2.13. The molecule has 0 aromatic carbocycles. The molecular weight excluding hydrogens is 242 g/mol. The molecule has 2 aromatic heterocycles. The molecule has 92 valence electrons. The number of carbonyl (C=O) groups excluding carboxylic acids is 1. The standard InChI is InChI=1S/C11H8F2N4O/c12-7-1-6(3-14-4-7)9-2-8(13)11-15-10(5-18)16-17(9)11/h1,3-5,8-9H,2H2/t8-,9-/m1/s1. The zero-order valence-electron chi connectivity index (χ0n) is 9.12. The highest BCUT2D eigenvalue weighted by Crippen LogP contribution is 2.38. The minimum absolute atomic E-state index is 0.0679. The van der Waals surface area contributed by atoms with Crippen LogP contribution in [0.25, 0.3) is 0 Å². The zero-order chi connectivity index (χ0) is 12.7. The molecule has 0 N–H and O–H groups in total. The molecule has 0 unspecified atom stereocenters. The first-order valence-corrected chi connectivity index (χ1v) is 5.35. The molecule has 1 aliphatic rings. The van der Waals surface area contributed by atoms with Gasteiger partial charge in [-0.2, -0.15) is 0 Å². The van der Waals surface area contributed by atoms with Gasteiger partial charge in [-0.15, -0.1) is 5.10 Å². The van der Waals surface area contributed by atoms with Crippen molar-refractivity contribution in [1.29, 1.82) is 0 Å². The maximum absolute atomic E-state index is 13.7. The number of alkyl halides is 1. The smallest absolute Gasteiger partial charge is 0.214 e. The average Bonchev–Trinajstić information content (AvgIpc) is 2.90. The van der Waals surface area contributed by atoms with Gasteiger partial charge in [0.2, 0.25) is 5.82 Å². The van der Waals surface area contributed by atoms with Crippen LogP contribution in [0.5, 0.6) is 0 Å². The van der Waals surface area contributed by atoms with Gasteiger partial charge in [0.15, 0.2) is 18.3 Å². The molecule has 0 spiro atoms. The number of pyridine rings is 1. The summed E-state index contributed by atoms with van der Waals surface area (Å²) in [4.78, 5) is 18.1. The maximum Gasteiger partial charge on any atom is 0.214 e. The van der Waals surface area contributed by atoms with Crippen molar-refractivity contribution in [3.8, 4) is 0 Å². The van der Waals surface area contributed by atoms with Crippen LogP contribution in [0.15, 0.2) is 18.5 Å². The molecule has 0 bridgehead atoms. The SMILES string of the molecule is O=Cc1nc2n(n1)[C@@H](c1cncc(F)c1)C[C@H]2F. The summed E-state index contributed by atoms with van der Waals surface area (Å²) in [6.45, 7) is 0. The number of hydrogen-bond donors (Lipinski definition) is 0. The lowest BCUT2D eigenvalue weighted by Crippen LogP contribution is -2.08. The summed E-state index contributed by atoms with van der Waals surface area (Å²) in [5, 5.41) is 3.89. The van der Waals surface area contributed by atoms with E-state index in [1.807, 2.05) is 0 Å². The minimum Gasteiger partial charge on any atom is -0.294 e. The van der Waals surface area contributed by atoms with Crippen LogP contribution in [0.3, 0.4) is 0 Å². The second kappa shape index (κ2) is 3.94. The van der Waals surface area contributed by atoms with Crippen LogP contribution >= 0.6 is 0 Å². The van der Waals surface area contributed by atoms with Crippen molar-refractivity contribution < 1.29 is 13.6 Å². The Bertz CT molecular complexity index is 613. The van der Waals surface area contributed by atoms with Crippen LogP contribution in [0.4, 0.5) is 8.78 Å². The third-order valence-electron chi connectivity index (χ3n) is 2.90. The van der Waals surface area contributed by atoms with Gasteiger partial charge in [-0.25, -0.2) is 18.4 Å². The molecule has 0 aliphatic carbocycles. The maximum atomic E-state index is 13.7. The van der Waals surface area contributed by atoms with Crippen molar-refractivity contribution in [3.05, 3.63) is 41.5 Å². The third-order valence-corrected chi connectivity index (χ3v) is 2.90. The van der Waals surface area contributed by atoms with Gasteiger partial charge < -0.3 is 0 Å². The molecule has 7 heteroatoms. The van der Waals surface area contributed by atoms with Crippen molar-refractivity contribution in [3.63, 3.8) is 0 Å². The molecule has 18 heavy (non-hydrogen) atoms. The van der Waals surface area contributed by atoms with Crippen molar-refractivity contribution >= 4 is 6.29 Å². The number of carbonyl (C=O) groups is 1. The predicted octanol–water partition coefficient (Wildman–Crippen LogP) is 1.63. The number of rotatable bonds is 2. The van der Waals surface area contributed by atoms with Crippen LogP contribution in [-0.4, -0.2) is 26.0 Å². The molecule has 2 aromatic rings. The number of halogens is 2. The number of hydrogen-bond acceptors (Lipinski definition) is 4. The Balaban J connectivity index is 2.06. The Hall–Kier alpha value is -2.18. The summed E-state index contributed by atoms with van der Waals surface area (Å²) >= 11 is 0. The molecule has 5 nitrogen and oxygen atoms in total. The fourth-order valence-electron chi connectivity index (χ4n) is 2.13. The van der Waals surface area contributed by atoms with Crippen molar-refractivity contribution in [2.75, 3.05) is 0 Å². The summed E-state index contributed by atoms with van der Waals surface area (Å²) in [6.07, 6.45) is 1.81. The van der Waals surface area contributed by atoms with E-state index in [0.717, 1.165) is 6.20 Å². The fraction of sp³-hybridized carbons (Fsp3) is 0.273. The Labute approximate surface area is 100 Å². The number of nitrogens with zero attached hydrogens (tertiary/aromatic N) is 4. The summed E-state index contributed by atoms with van der Waals surface area (Å²) < 4.78 is 28.2. The monoisotopic (exact) mass is 250 g/mol. The summed E-state index contributed by atoms with van der Waals surface area (Å²) in [5.74, 6) is -0.458. The first-order chi connectivity index (χ1) is 8.69. The van der Waals surface area contributed by atoms with Gasteiger partial charge >= 0.3 is 0 Å². The van der Waals surface area contributed by atoms with Crippen LogP contribution in [-0.2, 0) is 0 Å². The Morgan fingerprint density at radius 2 is 2.28 bits per heavy atom. The van der Waals surface area contributed by atoms with Crippen molar-refractivity contribution in [1.82, 2.24) is 19.7 Å². The molecule has 1 aliphatic heterocycles. The topological polar surface area (TPSA) is 60.7 Å². The van der Waals surface area contributed by atoms with E-state index < -0.39 is 18.0 Å². The Morgan fingerprint density at radius 1 is 1.44 bits per heavy atom. The second-order valence-electron chi connectivity index (χ2n) is 4.05. The van der Waals surface area contributed by atoms with Gasteiger partial charge in [0, 0.05) is 12.6 Å².